The minimum absolute atomic E-state index is 0.205. The second kappa shape index (κ2) is 5.87. The van der Waals surface area contributed by atoms with Gasteiger partial charge in [0, 0.05) is 4.47 Å². The van der Waals surface area contributed by atoms with Gasteiger partial charge in [-0.3, -0.25) is 0 Å². The normalized spacial score (nSPS) is 12.4. The van der Waals surface area contributed by atoms with E-state index < -0.39 is 0 Å². The van der Waals surface area contributed by atoms with Gasteiger partial charge in [0.1, 0.15) is 5.75 Å². The van der Waals surface area contributed by atoms with Gasteiger partial charge in [-0.25, -0.2) is 0 Å². The van der Waals surface area contributed by atoms with Crippen molar-refractivity contribution in [3.8, 4) is 5.75 Å². The van der Waals surface area contributed by atoms with E-state index in [9.17, 15) is 0 Å². The molecule has 0 aliphatic carbocycles. The number of nitrogens with one attached hydrogen (secondary N) is 1. The predicted molar refractivity (Wildman–Crippen MR) is 80.7 cm³/mol. The van der Waals surface area contributed by atoms with E-state index in [4.69, 9.17) is 4.74 Å². The van der Waals surface area contributed by atoms with Crippen molar-refractivity contribution in [3.63, 3.8) is 0 Å². The Hall–Kier alpha value is -0.840. The van der Waals surface area contributed by atoms with Crippen LogP contribution in [0.25, 0.3) is 0 Å². The molecular weight excluding hydrogens is 310 g/mol. The summed E-state index contributed by atoms with van der Waals surface area (Å²) >= 11 is 5.36. The molecule has 2 aromatic rings. The highest BCUT2D eigenvalue weighted by Crippen LogP contribution is 2.33. The summed E-state index contributed by atoms with van der Waals surface area (Å²) in [6.07, 6.45) is 0. The van der Waals surface area contributed by atoms with Gasteiger partial charge in [0.05, 0.1) is 13.2 Å². The number of thiophene rings is 1. The fourth-order valence-corrected chi connectivity index (χ4v) is 3.48. The van der Waals surface area contributed by atoms with Crippen molar-refractivity contribution in [2.24, 2.45) is 0 Å². The number of halogens is 1. The van der Waals surface area contributed by atoms with Crippen LogP contribution in [0.4, 0.5) is 0 Å². The Morgan fingerprint density at radius 2 is 2.06 bits per heavy atom. The maximum Gasteiger partial charge on any atom is 0.120 e. The second-order valence-electron chi connectivity index (χ2n) is 4.12. The van der Waals surface area contributed by atoms with E-state index >= 15 is 0 Å². The average Bonchev–Trinajstić information content (AvgIpc) is 2.78. The molecule has 4 heteroatoms. The maximum atomic E-state index is 5.23. The fraction of sp³-hybridized carbons (Fsp3) is 0.286. The third kappa shape index (κ3) is 2.60. The number of ether oxygens (including phenoxy) is 1. The molecule has 0 amide bonds. The number of hydrogen-bond donors (Lipinski definition) is 1. The highest BCUT2D eigenvalue weighted by Gasteiger charge is 2.17. The quantitative estimate of drug-likeness (QED) is 0.912. The molecule has 0 aliphatic rings. The van der Waals surface area contributed by atoms with E-state index in [0.29, 0.717) is 0 Å². The van der Waals surface area contributed by atoms with Crippen molar-refractivity contribution in [2.75, 3.05) is 14.2 Å². The molecule has 2 nitrogen and oxygen atoms in total. The zero-order valence-corrected chi connectivity index (χ0v) is 13.1. The Balaban J connectivity index is 2.42. The van der Waals surface area contributed by atoms with Gasteiger partial charge in [-0.05, 0) is 53.6 Å². The van der Waals surface area contributed by atoms with Crippen LogP contribution in [0.1, 0.15) is 22.7 Å². The van der Waals surface area contributed by atoms with Crippen LogP contribution in [0.15, 0.2) is 33.4 Å². The van der Waals surface area contributed by atoms with Gasteiger partial charge in [-0.1, -0.05) is 22.0 Å². The molecule has 0 bridgehead atoms. The van der Waals surface area contributed by atoms with Crippen molar-refractivity contribution in [1.29, 1.82) is 0 Å². The summed E-state index contributed by atoms with van der Waals surface area (Å²) in [4.78, 5) is 0. The van der Waals surface area contributed by atoms with E-state index in [0.717, 1.165) is 10.2 Å². The molecule has 0 fully saturated rings. The number of hydrogen-bond acceptors (Lipinski definition) is 3. The van der Waals surface area contributed by atoms with Crippen LogP contribution in [0.3, 0.4) is 0 Å². The van der Waals surface area contributed by atoms with Gasteiger partial charge in [-0.15, -0.1) is 0 Å². The lowest BCUT2D eigenvalue weighted by molar-refractivity contribution is 0.414. The Kier molecular flexibility index (Phi) is 4.43. The summed E-state index contributed by atoms with van der Waals surface area (Å²) in [6.45, 7) is 2.15. The highest BCUT2D eigenvalue weighted by molar-refractivity contribution is 9.10. The van der Waals surface area contributed by atoms with E-state index in [1.54, 1.807) is 18.4 Å². The van der Waals surface area contributed by atoms with E-state index in [1.807, 2.05) is 19.2 Å². The lowest BCUT2D eigenvalue weighted by atomic mass is 9.98. The summed E-state index contributed by atoms with van der Waals surface area (Å²) in [7, 11) is 3.67. The molecule has 1 heterocycles. The van der Waals surface area contributed by atoms with Gasteiger partial charge in [-0.2, -0.15) is 11.3 Å². The van der Waals surface area contributed by atoms with Gasteiger partial charge in [0.25, 0.3) is 0 Å². The van der Waals surface area contributed by atoms with Crippen molar-refractivity contribution in [1.82, 2.24) is 5.32 Å². The van der Waals surface area contributed by atoms with Crippen LogP contribution in [0, 0.1) is 6.92 Å². The lowest BCUT2D eigenvalue weighted by Crippen LogP contribution is -2.18. The van der Waals surface area contributed by atoms with Gasteiger partial charge < -0.3 is 10.1 Å². The zero-order valence-electron chi connectivity index (χ0n) is 10.7. The van der Waals surface area contributed by atoms with E-state index in [2.05, 4.69) is 45.0 Å². The van der Waals surface area contributed by atoms with E-state index in [-0.39, 0.29) is 6.04 Å². The number of methoxy groups -OCH3 is 1. The highest BCUT2D eigenvalue weighted by atomic mass is 79.9. The molecule has 1 aromatic carbocycles. The van der Waals surface area contributed by atoms with Crippen molar-refractivity contribution in [3.05, 3.63) is 50.1 Å². The van der Waals surface area contributed by atoms with Crippen LogP contribution in [0.2, 0.25) is 0 Å². The molecule has 1 atom stereocenters. The first-order chi connectivity index (χ1) is 8.67. The molecule has 0 saturated carbocycles. The lowest BCUT2D eigenvalue weighted by Gasteiger charge is -2.19. The van der Waals surface area contributed by atoms with Crippen molar-refractivity contribution in [2.45, 2.75) is 13.0 Å². The van der Waals surface area contributed by atoms with Crippen molar-refractivity contribution >= 4 is 27.3 Å². The molecule has 1 N–H and O–H groups in total. The summed E-state index contributed by atoms with van der Waals surface area (Å²) < 4.78 is 6.29. The summed E-state index contributed by atoms with van der Waals surface area (Å²) in [6, 6.07) is 6.30. The van der Waals surface area contributed by atoms with Crippen LogP contribution >= 0.6 is 27.3 Å². The van der Waals surface area contributed by atoms with Gasteiger partial charge >= 0.3 is 0 Å². The Labute approximate surface area is 120 Å². The smallest absolute Gasteiger partial charge is 0.120 e. The summed E-state index contributed by atoms with van der Waals surface area (Å²) in [5.41, 5.74) is 3.87. The van der Waals surface area contributed by atoms with Crippen LogP contribution in [-0.4, -0.2) is 14.2 Å². The number of aryl methyl sites for hydroxylation is 1. The topological polar surface area (TPSA) is 21.3 Å². The summed E-state index contributed by atoms with van der Waals surface area (Å²) in [5, 5.41) is 7.75. The van der Waals surface area contributed by atoms with Crippen LogP contribution < -0.4 is 10.1 Å². The zero-order chi connectivity index (χ0) is 13.1. The molecule has 96 valence electrons. The number of benzene rings is 1. The van der Waals surface area contributed by atoms with Crippen LogP contribution in [0.5, 0.6) is 5.75 Å². The maximum absolute atomic E-state index is 5.23. The minimum Gasteiger partial charge on any atom is -0.497 e. The first-order valence-electron chi connectivity index (χ1n) is 5.70. The monoisotopic (exact) mass is 325 g/mol. The number of rotatable bonds is 4. The van der Waals surface area contributed by atoms with Crippen molar-refractivity contribution < 1.29 is 4.74 Å². The molecule has 1 aromatic heterocycles. The van der Waals surface area contributed by atoms with Gasteiger partial charge in [0.2, 0.25) is 0 Å². The SMILES string of the molecule is CNC(c1cscc1C)c1ccc(OC)cc1Br. The molecule has 18 heavy (non-hydrogen) atoms. The molecule has 0 saturated heterocycles. The Morgan fingerprint density at radius 1 is 1.28 bits per heavy atom. The molecule has 0 spiro atoms. The molecule has 1 unspecified atom stereocenters. The summed E-state index contributed by atoms with van der Waals surface area (Å²) in [5.74, 6) is 0.863. The molecule has 0 radical (unpaired) electrons. The Morgan fingerprint density at radius 3 is 2.56 bits per heavy atom. The first-order valence-corrected chi connectivity index (χ1v) is 7.44. The predicted octanol–water partition coefficient (Wildman–Crippen LogP) is 4.14. The van der Waals surface area contributed by atoms with Crippen LogP contribution in [-0.2, 0) is 0 Å². The fourth-order valence-electron chi connectivity index (χ4n) is 2.01. The third-order valence-electron chi connectivity index (χ3n) is 3.01. The average molecular weight is 326 g/mol. The molecule has 0 aliphatic heterocycles. The largest absolute Gasteiger partial charge is 0.497 e. The standard InChI is InChI=1S/C14H16BrNOS/c1-9-7-18-8-12(9)14(16-2)11-5-4-10(17-3)6-13(11)15/h4-8,14,16H,1-3H3. The minimum atomic E-state index is 0.205. The molecule has 2 rings (SSSR count). The molecular formula is C14H16BrNOS. The Bertz CT molecular complexity index is 538. The van der Waals surface area contributed by atoms with Gasteiger partial charge in [0.15, 0.2) is 0 Å². The second-order valence-corrected chi connectivity index (χ2v) is 5.72. The van der Waals surface area contributed by atoms with E-state index in [1.165, 1.54) is 16.7 Å². The first kappa shape index (κ1) is 13.6. The third-order valence-corrected chi connectivity index (χ3v) is 4.58.